The van der Waals surface area contributed by atoms with Gasteiger partial charge in [0.2, 0.25) is 0 Å². The van der Waals surface area contributed by atoms with E-state index in [1.807, 2.05) is 6.07 Å². The van der Waals surface area contributed by atoms with Gasteiger partial charge in [0.1, 0.15) is 5.82 Å². The molecule has 0 amide bonds. The molecule has 2 unspecified atom stereocenters. The summed E-state index contributed by atoms with van der Waals surface area (Å²) >= 11 is 0. The van der Waals surface area contributed by atoms with Crippen molar-refractivity contribution in [1.82, 2.24) is 5.32 Å². The summed E-state index contributed by atoms with van der Waals surface area (Å²) in [5, 5.41) is 3.56. The predicted molar refractivity (Wildman–Crippen MR) is 80.9 cm³/mol. The van der Waals surface area contributed by atoms with Gasteiger partial charge >= 0.3 is 0 Å². The van der Waals surface area contributed by atoms with Crippen LogP contribution in [0.25, 0.3) is 0 Å². The first-order chi connectivity index (χ1) is 9.13. The van der Waals surface area contributed by atoms with E-state index in [0.29, 0.717) is 5.92 Å². The molecule has 0 heterocycles. The molecule has 1 nitrogen and oxygen atoms in total. The average Bonchev–Trinajstić information content (AvgIpc) is 2.41. The molecule has 2 atom stereocenters. The fourth-order valence-corrected chi connectivity index (χ4v) is 2.77. The number of halogens is 1. The summed E-state index contributed by atoms with van der Waals surface area (Å²) in [6, 6.07) is 5.42. The van der Waals surface area contributed by atoms with Crippen LogP contribution in [0, 0.1) is 18.7 Å². The maximum atomic E-state index is 13.5. The lowest BCUT2D eigenvalue weighted by molar-refractivity contribution is 0.326. The molecule has 2 heteroatoms. The Kier molecular flexibility index (Phi) is 7.07. The summed E-state index contributed by atoms with van der Waals surface area (Å²) in [7, 11) is 0. The normalized spacial score (nSPS) is 14.4. The minimum atomic E-state index is -0.131. The van der Waals surface area contributed by atoms with Crippen molar-refractivity contribution in [2.24, 2.45) is 5.92 Å². The van der Waals surface area contributed by atoms with Crippen molar-refractivity contribution in [2.75, 3.05) is 6.54 Å². The molecule has 1 aromatic carbocycles. The van der Waals surface area contributed by atoms with E-state index in [0.717, 1.165) is 18.5 Å². The molecule has 0 spiro atoms. The van der Waals surface area contributed by atoms with Gasteiger partial charge in [-0.2, -0.15) is 0 Å². The topological polar surface area (TPSA) is 12.0 Å². The van der Waals surface area contributed by atoms with Gasteiger partial charge in [0, 0.05) is 6.04 Å². The number of hydrogen-bond acceptors (Lipinski definition) is 1. The van der Waals surface area contributed by atoms with Crippen molar-refractivity contribution in [2.45, 2.75) is 59.4 Å². The van der Waals surface area contributed by atoms with E-state index in [1.54, 1.807) is 12.1 Å². The zero-order chi connectivity index (χ0) is 14.3. The fourth-order valence-electron chi connectivity index (χ4n) is 2.77. The highest BCUT2D eigenvalue weighted by molar-refractivity contribution is 5.30. The van der Waals surface area contributed by atoms with Gasteiger partial charge in [0.05, 0.1) is 0 Å². The minimum Gasteiger partial charge on any atom is -0.310 e. The van der Waals surface area contributed by atoms with E-state index in [1.165, 1.54) is 24.8 Å². The molecule has 108 valence electrons. The van der Waals surface area contributed by atoms with E-state index >= 15 is 0 Å². The highest BCUT2D eigenvalue weighted by Crippen LogP contribution is 2.31. The van der Waals surface area contributed by atoms with Gasteiger partial charge in [-0.25, -0.2) is 4.39 Å². The summed E-state index contributed by atoms with van der Waals surface area (Å²) in [4.78, 5) is 0. The SMILES string of the molecule is CCCCC(CC)C(NCC)c1cc(F)ccc1C. The second-order valence-electron chi connectivity index (χ2n) is 5.35. The van der Waals surface area contributed by atoms with Gasteiger partial charge in [-0.05, 0) is 49.1 Å². The minimum absolute atomic E-state index is 0.131. The Labute approximate surface area is 117 Å². The van der Waals surface area contributed by atoms with Crippen LogP contribution in [0.1, 0.15) is 63.6 Å². The largest absolute Gasteiger partial charge is 0.310 e. The first kappa shape index (κ1) is 16.2. The molecular weight excluding hydrogens is 237 g/mol. The van der Waals surface area contributed by atoms with Crippen LogP contribution < -0.4 is 5.32 Å². The lowest BCUT2D eigenvalue weighted by atomic mass is 9.85. The summed E-state index contributed by atoms with van der Waals surface area (Å²) < 4.78 is 13.5. The zero-order valence-electron chi connectivity index (χ0n) is 12.8. The molecule has 0 aliphatic carbocycles. The van der Waals surface area contributed by atoms with Gasteiger partial charge in [0.25, 0.3) is 0 Å². The number of nitrogens with one attached hydrogen (secondary N) is 1. The molecule has 19 heavy (non-hydrogen) atoms. The number of benzene rings is 1. The summed E-state index contributed by atoms with van der Waals surface area (Å²) in [6.45, 7) is 9.57. The third-order valence-corrected chi connectivity index (χ3v) is 3.92. The molecule has 1 N–H and O–H groups in total. The average molecular weight is 265 g/mol. The van der Waals surface area contributed by atoms with Gasteiger partial charge in [-0.3, -0.25) is 0 Å². The van der Waals surface area contributed by atoms with E-state index in [2.05, 4.69) is 33.0 Å². The molecule has 0 fully saturated rings. The summed E-state index contributed by atoms with van der Waals surface area (Å²) in [5.41, 5.74) is 2.31. The first-order valence-corrected chi connectivity index (χ1v) is 7.63. The summed E-state index contributed by atoms with van der Waals surface area (Å²) in [5.74, 6) is 0.453. The molecule has 0 radical (unpaired) electrons. The Morgan fingerprint density at radius 2 is 1.95 bits per heavy atom. The van der Waals surface area contributed by atoms with Crippen LogP contribution in [0.3, 0.4) is 0 Å². The molecule has 1 rings (SSSR count). The van der Waals surface area contributed by atoms with Crippen LogP contribution in [0.2, 0.25) is 0 Å². The highest BCUT2D eigenvalue weighted by Gasteiger charge is 2.22. The zero-order valence-corrected chi connectivity index (χ0v) is 12.8. The predicted octanol–water partition coefficient (Wildman–Crippen LogP) is 5.00. The first-order valence-electron chi connectivity index (χ1n) is 7.63. The molecule has 0 aliphatic heterocycles. The van der Waals surface area contributed by atoms with Gasteiger partial charge in [0.15, 0.2) is 0 Å². The Morgan fingerprint density at radius 3 is 2.53 bits per heavy atom. The molecule has 0 aromatic heterocycles. The lowest BCUT2D eigenvalue weighted by Gasteiger charge is -2.29. The number of unbranched alkanes of at least 4 members (excludes halogenated alkanes) is 1. The van der Waals surface area contributed by atoms with Crippen LogP contribution in [0.4, 0.5) is 4.39 Å². The second kappa shape index (κ2) is 8.31. The number of aryl methyl sites for hydroxylation is 1. The Bertz CT molecular complexity index is 376. The molecule has 0 aliphatic rings. The molecule has 0 saturated heterocycles. The van der Waals surface area contributed by atoms with E-state index in [4.69, 9.17) is 0 Å². The van der Waals surface area contributed by atoms with Crippen molar-refractivity contribution >= 4 is 0 Å². The van der Waals surface area contributed by atoms with Crippen LogP contribution >= 0.6 is 0 Å². The number of hydrogen-bond donors (Lipinski definition) is 1. The monoisotopic (exact) mass is 265 g/mol. The molecule has 0 bridgehead atoms. The smallest absolute Gasteiger partial charge is 0.123 e. The standard InChI is InChI=1S/C17H28FN/c1-5-8-9-14(6-2)17(19-7-3)16-12-15(18)11-10-13(16)4/h10-12,14,17,19H,5-9H2,1-4H3. The van der Waals surface area contributed by atoms with Gasteiger partial charge in [-0.15, -0.1) is 0 Å². The summed E-state index contributed by atoms with van der Waals surface area (Å²) in [6.07, 6.45) is 4.81. The third kappa shape index (κ3) is 4.61. The van der Waals surface area contributed by atoms with Crippen LogP contribution in [-0.2, 0) is 0 Å². The number of rotatable bonds is 8. The molecule has 0 saturated carbocycles. The lowest BCUT2D eigenvalue weighted by Crippen LogP contribution is -2.29. The molecule has 1 aromatic rings. The molecular formula is C17H28FN. The highest BCUT2D eigenvalue weighted by atomic mass is 19.1. The van der Waals surface area contributed by atoms with Crippen molar-refractivity contribution < 1.29 is 4.39 Å². The second-order valence-corrected chi connectivity index (χ2v) is 5.35. The van der Waals surface area contributed by atoms with Gasteiger partial charge in [-0.1, -0.05) is 46.1 Å². The van der Waals surface area contributed by atoms with Crippen molar-refractivity contribution in [3.05, 3.63) is 35.1 Å². The van der Waals surface area contributed by atoms with Crippen LogP contribution in [0.5, 0.6) is 0 Å². The fraction of sp³-hybridized carbons (Fsp3) is 0.647. The van der Waals surface area contributed by atoms with Crippen LogP contribution in [0.15, 0.2) is 18.2 Å². The van der Waals surface area contributed by atoms with Crippen LogP contribution in [-0.4, -0.2) is 6.54 Å². The maximum Gasteiger partial charge on any atom is 0.123 e. The quantitative estimate of drug-likeness (QED) is 0.697. The van der Waals surface area contributed by atoms with Gasteiger partial charge < -0.3 is 5.32 Å². The Morgan fingerprint density at radius 1 is 1.21 bits per heavy atom. The maximum absolute atomic E-state index is 13.5. The van der Waals surface area contributed by atoms with E-state index in [9.17, 15) is 4.39 Å². The van der Waals surface area contributed by atoms with Crippen molar-refractivity contribution in [3.8, 4) is 0 Å². The Balaban J connectivity index is 2.99. The van der Waals surface area contributed by atoms with Crippen molar-refractivity contribution in [3.63, 3.8) is 0 Å². The van der Waals surface area contributed by atoms with Crippen molar-refractivity contribution in [1.29, 1.82) is 0 Å². The van der Waals surface area contributed by atoms with E-state index in [-0.39, 0.29) is 11.9 Å². The third-order valence-electron chi connectivity index (χ3n) is 3.92. The Hall–Kier alpha value is -0.890. The van der Waals surface area contributed by atoms with E-state index < -0.39 is 0 Å².